The van der Waals surface area contributed by atoms with Crippen molar-refractivity contribution in [2.45, 2.75) is 18.7 Å². The lowest BCUT2D eigenvalue weighted by Crippen LogP contribution is -2.14. The van der Waals surface area contributed by atoms with Gasteiger partial charge in [0.2, 0.25) is 0 Å². The van der Waals surface area contributed by atoms with Gasteiger partial charge < -0.3 is 0 Å². The number of aryl methyl sites for hydroxylation is 2. The number of anilines is 2. The number of fused-ring (bicyclic) bond motifs is 3. The number of hydrogen-bond donors (Lipinski definition) is 2. The van der Waals surface area contributed by atoms with Crippen LogP contribution in [0.1, 0.15) is 20.9 Å². The lowest BCUT2D eigenvalue weighted by atomic mass is 10.2. The van der Waals surface area contributed by atoms with Crippen molar-refractivity contribution in [3.8, 4) is 0 Å². The minimum atomic E-state index is -3.71. The van der Waals surface area contributed by atoms with Crippen LogP contribution in [0.3, 0.4) is 0 Å². The maximum absolute atomic E-state index is 12.7. The van der Waals surface area contributed by atoms with E-state index < -0.39 is 10.0 Å². The zero-order valence-electron chi connectivity index (χ0n) is 17.6. The lowest BCUT2D eigenvalue weighted by Gasteiger charge is -2.09. The van der Waals surface area contributed by atoms with Gasteiger partial charge in [-0.05, 0) is 62.4 Å². The van der Waals surface area contributed by atoms with Crippen molar-refractivity contribution in [1.29, 1.82) is 0 Å². The van der Waals surface area contributed by atoms with Gasteiger partial charge in [-0.3, -0.25) is 14.8 Å². The first-order valence-corrected chi connectivity index (χ1v) is 13.1. The number of amides is 1. The molecule has 0 aliphatic rings. The van der Waals surface area contributed by atoms with E-state index in [-0.39, 0.29) is 10.8 Å². The SMILES string of the molecule is Cc1ccc(S(=O)(=O)Nc2ccc(C(=O)Nc3nc4ccc5sc(C)nc5c4s3)cc2)cc1. The maximum Gasteiger partial charge on any atom is 0.261 e. The number of rotatable bonds is 5. The molecule has 0 aliphatic heterocycles. The van der Waals surface area contributed by atoms with Crippen LogP contribution < -0.4 is 10.0 Å². The van der Waals surface area contributed by atoms with Crippen LogP contribution in [-0.4, -0.2) is 24.3 Å². The molecule has 0 unspecified atom stereocenters. The third-order valence-electron chi connectivity index (χ3n) is 4.97. The van der Waals surface area contributed by atoms with Gasteiger partial charge in [-0.2, -0.15) is 0 Å². The predicted molar refractivity (Wildman–Crippen MR) is 134 cm³/mol. The first-order valence-electron chi connectivity index (χ1n) is 9.96. The number of aromatic nitrogens is 2. The van der Waals surface area contributed by atoms with E-state index in [9.17, 15) is 13.2 Å². The average molecular weight is 495 g/mol. The fourth-order valence-electron chi connectivity index (χ4n) is 3.33. The summed E-state index contributed by atoms with van der Waals surface area (Å²) in [6.07, 6.45) is 0. The number of thiazole rings is 2. The number of sulfonamides is 1. The number of hydrogen-bond acceptors (Lipinski definition) is 7. The highest BCUT2D eigenvalue weighted by Crippen LogP contribution is 2.34. The Hall–Kier alpha value is -3.34. The lowest BCUT2D eigenvalue weighted by molar-refractivity contribution is 0.102. The monoisotopic (exact) mass is 494 g/mol. The standard InChI is InChI=1S/C23H18N4O3S3/c1-13-3-9-17(10-4-13)33(29,30)27-16-7-5-15(6-8-16)22(28)26-23-25-18-11-12-19-20(21(18)32-23)24-14(2)31-19/h3-12,27H,1-2H3,(H,25,26,28). The molecule has 0 radical (unpaired) electrons. The molecule has 0 fully saturated rings. The summed E-state index contributed by atoms with van der Waals surface area (Å²) >= 11 is 3.01. The molecule has 5 rings (SSSR count). The van der Waals surface area contributed by atoms with Gasteiger partial charge in [-0.15, -0.1) is 11.3 Å². The normalized spacial score (nSPS) is 11.7. The first-order chi connectivity index (χ1) is 15.8. The molecule has 0 atom stereocenters. The second kappa shape index (κ2) is 8.22. The highest BCUT2D eigenvalue weighted by molar-refractivity contribution is 7.92. The van der Waals surface area contributed by atoms with E-state index in [1.54, 1.807) is 59.9 Å². The van der Waals surface area contributed by atoms with Crippen LogP contribution in [0, 0.1) is 13.8 Å². The van der Waals surface area contributed by atoms with Gasteiger partial charge in [0.25, 0.3) is 15.9 Å². The highest BCUT2D eigenvalue weighted by atomic mass is 32.2. The van der Waals surface area contributed by atoms with Gasteiger partial charge in [0, 0.05) is 11.3 Å². The Morgan fingerprint density at radius 2 is 1.61 bits per heavy atom. The Labute approximate surface area is 198 Å². The number of nitrogens with zero attached hydrogens (tertiary/aromatic N) is 2. The molecule has 2 N–H and O–H groups in total. The molecule has 10 heteroatoms. The van der Waals surface area contributed by atoms with E-state index >= 15 is 0 Å². The van der Waals surface area contributed by atoms with Gasteiger partial charge in [0.1, 0.15) is 5.52 Å². The van der Waals surface area contributed by atoms with Crippen molar-refractivity contribution in [2.75, 3.05) is 10.0 Å². The Bertz CT molecular complexity index is 1600. The second-order valence-corrected chi connectivity index (χ2v) is 11.4. The summed E-state index contributed by atoms with van der Waals surface area (Å²) in [7, 11) is -3.71. The number of carbonyl (C=O) groups is 1. The molecule has 0 bridgehead atoms. The van der Waals surface area contributed by atoms with Crippen molar-refractivity contribution in [1.82, 2.24) is 9.97 Å². The molecule has 3 aromatic carbocycles. The van der Waals surface area contributed by atoms with E-state index in [1.165, 1.54) is 11.3 Å². The molecule has 7 nitrogen and oxygen atoms in total. The molecule has 166 valence electrons. The molecule has 5 aromatic rings. The molecule has 1 amide bonds. The van der Waals surface area contributed by atoms with Gasteiger partial charge in [-0.25, -0.2) is 18.4 Å². The fraction of sp³-hybridized carbons (Fsp3) is 0.0870. The summed E-state index contributed by atoms with van der Waals surface area (Å²) < 4.78 is 29.7. The van der Waals surface area contributed by atoms with Crippen LogP contribution in [-0.2, 0) is 10.0 Å². The Morgan fingerprint density at radius 1 is 0.879 bits per heavy atom. The highest BCUT2D eigenvalue weighted by Gasteiger charge is 2.16. The Morgan fingerprint density at radius 3 is 2.33 bits per heavy atom. The maximum atomic E-state index is 12.7. The number of benzene rings is 3. The predicted octanol–water partition coefficient (Wildman–Crippen LogP) is 5.58. The number of carbonyl (C=O) groups excluding carboxylic acids is 1. The van der Waals surface area contributed by atoms with Crippen LogP contribution in [0.25, 0.3) is 20.4 Å². The van der Waals surface area contributed by atoms with Crippen molar-refractivity contribution >= 4 is 69.9 Å². The van der Waals surface area contributed by atoms with Gasteiger partial charge >= 0.3 is 0 Å². The summed E-state index contributed by atoms with van der Waals surface area (Å²) in [6, 6.07) is 16.8. The van der Waals surface area contributed by atoms with Crippen molar-refractivity contribution in [3.05, 3.63) is 76.8 Å². The zero-order chi connectivity index (χ0) is 23.2. The minimum Gasteiger partial charge on any atom is -0.298 e. The van der Waals surface area contributed by atoms with Crippen molar-refractivity contribution < 1.29 is 13.2 Å². The Kier molecular flexibility index (Phi) is 5.35. The summed E-state index contributed by atoms with van der Waals surface area (Å²) in [4.78, 5) is 22.0. The second-order valence-electron chi connectivity index (χ2n) is 7.46. The molecule has 0 aliphatic carbocycles. The molecule has 33 heavy (non-hydrogen) atoms. The molecule has 0 spiro atoms. The largest absolute Gasteiger partial charge is 0.298 e. The molecule has 0 saturated heterocycles. The van der Waals surface area contributed by atoms with Crippen LogP contribution in [0.2, 0.25) is 0 Å². The number of nitrogens with one attached hydrogen (secondary N) is 2. The van der Waals surface area contributed by atoms with E-state index in [0.29, 0.717) is 16.4 Å². The van der Waals surface area contributed by atoms with Gasteiger partial charge in [0.05, 0.1) is 24.8 Å². The summed E-state index contributed by atoms with van der Waals surface area (Å²) in [6.45, 7) is 3.85. The molecule has 2 aromatic heterocycles. The van der Waals surface area contributed by atoms with Crippen molar-refractivity contribution in [3.63, 3.8) is 0 Å². The molecular weight excluding hydrogens is 476 g/mol. The van der Waals surface area contributed by atoms with E-state index in [0.717, 1.165) is 31.0 Å². The van der Waals surface area contributed by atoms with E-state index in [2.05, 4.69) is 20.0 Å². The smallest absolute Gasteiger partial charge is 0.261 e. The fourth-order valence-corrected chi connectivity index (χ4v) is 6.24. The minimum absolute atomic E-state index is 0.176. The van der Waals surface area contributed by atoms with Crippen LogP contribution >= 0.6 is 22.7 Å². The summed E-state index contributed by atoms with van der Waals surface area (Å²) in [5.74, 6) is -0.326. The zero-order valence-corrected chi connectivity index (χ0v) is 20.1. The van der Waals surface area contributed by atoms with Crippen LogP contribution in [0.4, 0.5) is 10.8 Å². The third-order valence-corrected chi connectivity index (χ3v) is 8.30. The molecule has 2 heterocycles. The third kappa shape index (κ3) is 4.32. The van der Waals surface area contributed by atoms with E-state index in [4.69, 9.17) is 0 Å². The quantitative estimate of drug-likeness (QED) is 0.332. The summed E-state index contributed by atoms with van der Waals surface area (Å²) in [5.41, 5.74) is 3.42. The first kappa shape index (κ1) is 21.5. The Balaban J connectivity index is 1.32. The van der Waals surface area contributed by atoms with Crippen LogP contribution in [0.5, 0.6) is 0 Å². The molecular formula is C23H18N4O3S3. The average Bonchev–Trinajstić information content (AvgIpc) is 3.36. The molecule has 0 saturated carbocycles. The topological polar surface area (TPSA) is 101 Å². The summed E-state index contributed by atoms with van der Waals surface area (Å²) in [5, 5.41) is 4.29. The van der Waals surface area contributed by atoms with E-state index in [1.807, 2.05) is 26.0 Å². The van der Waals surface area contributed by atoms with Gasteiger partial charge in [-0.1, -0.05) is 29.0 Å². The van der Waals surface area contributed by atoms with Crippen LogP contribution in [0.15, 0.2) is 65.6 Å². The van der Waals surface area contributed by atoms with Gasteiger partial charge in [0.15, 0.2) is 5.13 Å². The van der Waals surface area contributed by atoms with Crippen molar-refractivity contribution in [2.24, 2.45) is 0 Å².